The molecular formula is C26H23Cl3N2O3. The molecule has 1 N–H and O–H groups in total. The van der Waals surface area contributed by atoms with E-state index in [9.17, 15) is 9.90 Å². The molecule has 0 bridgehead atoms. The fraction of sp³-hybridized carbons (Fsp3) is 0.308. The van der Waals surface area contributed by atoms with Gasteiger partial charge in [0, 0.05) is 35.8 Å². The van der Waals surface area contributed by atoms with Crippen LogP contribution in [0.4, 0.5) is 5.69 Å². The van der Waals surface area contributed by atoms with E-state index in [1.807, 2.05) is 24.3 Å². The lowest BCUT2D eigenvalue weighted by molar-refractivity contribution is 0.0697. The van der Waals surface area contributed by atoms with Crippen LogP contribution >= 0.6 is 34.8 Å². The first-order chi connectivity index (χ1) is 16.4. The molecule has 5 rings (SSSR count). The fourth-order valence-electron chi connectivity index (χ4n) is 4.47. The number of aromatic carboxylic acids is 1. The smallest absolute Gasteiger partial charge is 0.337 e. The number of benzene rings is 2. The number of hydrogen-bond donors (Lipinski definition) is 1. The van der Waals surface area contributed by atoms with E-state index in [1.165, 1.54) is 0 Å². The Hall–Kier alpha value is -2.47. The number of aromatic nitrogens is 1. The van der Waals surface area contributed by atoms with Crippen LogP contribution in [-0.4, -0.2) is 29.3 Å². The maximum absolute atomic E-state index is 11.2. The summed E-state index contributed by atoms with van der Waals surface area (Å²) in [6.45, 7) is 1.72. The fourth-order valence-corrected chi connectivity index (χ4v) is 5.30. The summed E-state index contributed by atoms with van der Waals surface area (Å²) in [5.74, 6) is 0.703. The van der Waals surface area contributed by atoms with Gasteiger partial charge in [-0.2, -0.15) is 0 Å². The Labute approximate surface area is 212 Å². The SMILES string of the molecule is O=C(O)c1ccc(N2CCC(C=Cc3c(-c4c(Cl)cccc4Cl)noc3C3CC3)CC2)cc1Cl. The van der Waals surface area contributed by atoms with Gasteiger partial charge in [-0.3, -0.25) is 0 Å². The molecule has 1 aliphatic carbocycles. The standard InChI is InChI=1S/C26H23Cl3N2O3/c27-20-2-1-3-21(28)23(20)24-19(25(34-30-24)16-5-6-16)8-4-15-10-12-31(13-11-15)17-7-9-18(26(32)33)22(29)14-17/h1-4,7-9,14-16H,5-6,10-13H2,(H,32,33). The molecule has 0 unspecified atom stereocenters. The van der Waals surface area contributed by atoms with Gasteiger partial charge in [-0.1, -0.05) is 58.2 Å². The molecule has 0 atom stereocenters. The van der Waals surface area contributed by atoms with Crippen molar-refractivity contribution >= 4 is 52.5 Å². The predicted molar refractivity (Wildman–Crippen MR) is 136 cm³/mol. The summed E-state index contributed by atoms with van der Waals surface area (Å²) in [5, 5.41) is 14.9. The van der Waals surface area contributed by atoms with Crippen molar-refractivity contribution < 1.29 is 14.4 Å². The largest absolute Gasteiger partial charge is 0.478 e. The van der Waals surface area contributed by atoms with Crippen LogP contribution in [0.25, 0.3) is 17.3 Å². The maximum Gasteiger partial charge on any atom is 0.337 e. The van der Waals surface area contributed by atoms with Crippen molar-refractivity contribution in [2.24, 2.45) is 5.92 Å². The minimum atomic E-state index is -1.02. The molecule has 1 aliphatic heterocycles. The molecule has 0 amide bonds. The second kappa shape index (κ2) is 9.65. The van der Waals surface area contributed by atoms with Gasteiger partial charge in [-0.25, -0.2) is 4.79 Å². The Kier molecular flexibility index (Phi) is 6.61. The third-order valence-electron chi connectivity index (χ3n) is 6.53. The van der Waals surface area contributed by atoms with E-state index in [0.717, 1.165) is 55.8 Å². The second-order valence-corrected chi connectivity index (χ2v) is 10.1. The van der Waals surface area contributed by atoms with Crippen molar-refractivity contribution in [2.75, 3.05) is 18.0 Å². The summed E-state index contributed by atoms with van der Waals surface area (Å²) < 4.78 is 5.76. The number of carbonyl (C=O) groups is 1. The maximum atomic E-state index is 11.2. The molecule has 0 radical (unpaired) electrons. The number of piperidine rings is 1. The third-order valence-corrected chi connectivity index (χ3v) is 7.47. The molecule has 2 aromatic carbocycles. The van der Waals surface area contributed by atoms with Crippen LogP contribution in [0.15, 0.2) is 47.0 Å². The molecule has 0 spiro atoms. The summed E-state index contributed by atoms with van der Waals surface area (Å²) in [6.07, 6.45) is 8.52. The molecule has 2 heterocycles. The van der Waals surface area contributed by atoms with E-state index in [2.05, 4.69) is 22.2 Å². The number of nitrogens with zero attached hydrogens (tertiary/aromatic N) is 2. The number of carboxylic acid groups (broad SMARTS) is 1. The van der Waals surface area contributed by atoms with E-state index in [-0.39, 0.29) is 10.6 Å². The third kappa shape index (κ3) is 4.70. The lowest BCUT2D eigenvalue weighted by atomic mass is 9.94. The highest BCUT2D eigenvalue weighted by Crippen LogP contribution is 2.46. The molecule has 176 valence electrons. The Bertz CT molecular complexity index is 1240. The number of allylic oxidation sites excluding steroid dienone is 1. The number of rotatable bonds is 6. The second-order valence-electron chi connectivity index (χ2n) is 8.83. The van der Waals surface area contributed by atoms with Crippen LogP contribution in [0.3, 0.4) is 0 Å². The monoisotopic (exact) mass is 516 g/mol. The highest BCUT2D eigenvalue weighted by molar-refractivity contribution is 6.39. The van der Waals surface area contributed by atoms with Gasteiger partial charge in [-0.15, -0.1) is 0 Å². The molecule has 1 saturated heterocycles. The van der Waals surface area contributed by atoms with Crippen molar-refractivity contribution in [3.05, 3.63) is 74.4 Å². The lowest BCUT2D eigenvalue weighted by Gasteiger charge is -2.32. The van der Waals surface area contributed by atoms with E-state index >= 15 is 0 Å². The molecule has 5 nitrogen and oxygen atoms in total. The van der Waals surface area contributed by atoms with Crippen LogP contribution in [-0.2, 0) is 0 Å². The zero-order chi connectivity index (χ0) is 23.8. The normalized spacial score (nSPS) is 17.0. The molecule has 2 aliphatic rings. The van der Waals surface area contributed by atoms with Crippen LogP contribution < -0.4 is 4.90 Å². The highest BCUT2D eigenvalue weighted by atomic mass is 35.5. The van der Waals surface area contributed by atoms with Crippen LogP contribution in [0.1, 0.15) is 53.3 Å². The molecule has 1 saturated carbocycles. The molecular weight excluding hydrogens is 495 g/mol. The Morgan fingerprint density at radius 2 is 1.74 bits per heavy atom. The van der Waals surface area contributed by atoms with E-state index in [1.54, 1.807) is 12.1 Å². The predicted octanol–water partition coefficient (Wildman–Crippen LogP) is 7.81. The lowest BCUT2D eigenvalue weighted by Crippen LogP contribution is -2.33. The van der Waals surface area contributed by atoms with Crippen molar-refractivity contribution in [3.8, 4) is 11.3 Å². The number of anilines is 1. The number of hydrogen-bond acceptors (Lipinski definition) is 4. The molecule has 1 aromatic heterocycles. The van der Waals surface area contributed by atoms with E-state index < -0.39 is 5.97 Å². The summed E-state index contributed by atoms with van der Waals surface area (Å²) in [7, 11) is 0. The Morgan fingerprint density at radius 3 is 2.35 bits per heavy atom. The minimum absolute atomic E-state index is 0.123. The number of halogens is 3. The number of carboxylic acids is 1. The van der Waals surface area contributed by atoms with Crippen molar-refractivity contribution in [1.82, 2.24) is 5.16 Å². The Morgan fingerprint density at radius 1 is 1.03 bits per heavy atom. The summed E-state index contributed by atoms with van der Waals surface area (Å²) in [5.41, 5.74) is 3.44. The molecule has 3 aromatic rings. The first-order valence-electron chi connectivity index (χ1n) is 11.3. The zero-order valence-corrected chi connectivity index (χ0v) is 20.6. The minimum Gasteiger partial charge on any atom is -0.478 e. The van der Waals surface area contributed by atoms with Crippen LogP contribution in [0, 0.1) is 5.92 Å². The van der Waals surface area contributed by atoms with Gasteiger partial charge in [-0.05, 0) is 61.9 Å². The molecule has 34 heavy (non-hydrogen) atoms. The van der Waals surface area contributed by atoms with Gasteiger partial charge in [0.15, 0.2) is 0 Å². The van der Waals surface area contributed by atoms with Crippen molar-refractivity contribution in [2.45, 2.75) is 31.6 Å². The van der Waals surface area contributed by atoms with Gasteiger partial charge in [0.1, 0.15) is 11.5 Å². The van der Waals surface area contributed by atoms with E-state index in [4.69, 9.17) is 39.3 Å². The van der Waals surface area contributed by atoms with Crippen molar-refractivity contribution in [1.29, 1.82) is 0 Å². The average molecular weight is 518 g/mol. The zero-order valence-electron chi connectivity index (χ0n) is 18.3. The summed E-state index contributed by atoms with van der Waals surface area (Å²) >= 11 is 19.1. The van der Waals surface area contributed by atoms with Gasteiger partial charge >= 0.3 is 5.97 Å². The summed E-state index contributed by atoms with van der Waals surface area (Å²) in [6, 6.07) is 10.6. The van der Waals surface area contributed by atoms with Gasteiger partial charge in [0.25, 0.3) is 0 Å². The molecule has 8 heteroatoms. The quantitative estimate of drug-likeness (QED) is 0.361. The van der Waals surface area contributed by atoms with Crippen molar-refractivity contribution in [3.63, 3.8) is 0 Å². The molecule has 2 fully saturated rings. The topological polar surface area (TPSA) is 66.6 Å². The average Bonchev–Trinajstić information content (AvgIpc) is 3.58. The van der Waals surface area contributed by atoms with Crippen LogP contribution in [0.2, 0.25) is 15.1 Å². The first kappa shape index (κ1) is 23.3. The van der Waals surface area contributed by atoms with E-state index in [0.29, 0.717) is 33.1 Å². The van der Waals surface area contributed by atoms with Gasteiger partial charge < -0.3 is 14.5 Å². The van der Waals surface area contributed by atoms with Gasteiger partial charge in [0.05, 0.1) is 20.6 Å². The highest BCUT2D eigenvalue weighted by Gasteiger charge is 2.32. The first-order valence-corrected chi connectivity index (χ1v) is 12.5. The summed E-state index contributed by atoms with van der Waals surface area (Å²) in [4.78, 5) is 13.5. The Balaban J connectivity index is 1.33. The van der Waals surface area contributed by atoms with Crippen LogP contribution in [0.5, 0.6) is 0 Å². The van der Waals surface area contributed by atoms with Gasteiger partial charge in [0.2, 0.25) is 0 Å².